The number of ether oxygens (including phenoxy) is 1. The smallest absolute Gasteiger partial charge is 0.411 e. The number of carbonyl (C=O) groups excluding carboxylic acids is 1. The first kappa shape index (κ1) is 19.2. The Morgan fingerprint density at radius 2 is 1.77 bits per heavy atom. The lowest BCUT2D eigenvalue weighted by atomic mass is 10.0. The van der Waals surface area contributed by atoms with Gasteiger partial charge in [-0.05, 0) is 64.3 Å². The van der Waals surface area contributed by atoms with Crippen molar-refractivity contribution in [3.8, 4) is 0 Å². The van der Waals surface area contributed by atoms with E-state index in [0.717, 1.165) is 30.6 Å². The fraction of sp³-hybridized carbons (Fsp3) is 0.240. The maximum absolute atomic E-state index is 12.2. The highest BCUT2D eigenvalue weighted by Crippen LogP contribution is 2.55. The van der Waals surface area contributed by atoms with Crippen LogP contribution in [0.4, 0.5) is 10.5 Å². The summed E-state index contributed by atoms with van der Waals surface area (Å²) >= 11 is 6.35. The number of fused-ring (bicyclic) bond motifs is 1. The molecule has 1 aliphatic heterocycles. The number of benzene rings is 3. The molecule has 0 saturated heterocycles. The Kier molecular flexibility index (Phi) is 5.19. The average Bonchev–Trinajstić information content (AvgIpc) is 3.42. The van der Waals surface area contributed by atoms with Gasteiger partial charge in [0.2, 0.25) is 0 Å². The fourth-order valence-electron chi connectivity index (χ4n) is 4.25. The van der Waals surface area contributed by atoms with Gasteiger partial charge in [-0.15, -0.1) is 0 Å². The number of hydrogen-bond donors (Lipinski definition) is 2. The first-order valence-electron chi connectivity index (χ1n) is 10.3. The van der Waals surface area contributed by atoms with Crippen molar-refractivity contribution < 1.29 is 9.53 Å². The van der Waals surface area contributed by atoms with Gasteiger partial charge in [0.1, 0.15) is 6.61 Å². The minimum atomic E-state index is -0.481. The molecule has 1 amide bonds. The third-order valence-electron chi connectivity index (χ3n) is 5.89. The number of rotatable bonds is 5. The van der Waals surface area contributed by atoms with Crippen molar-refractivity contribution in [1.29, 1.82) is 0 Å². The van der Waals surface area contributed by atoms with Crippen molar-refractivity contribution in [3.63, 3.8) is 0 Å². The predicted octanol–water partition coefficient (Wildman–Crippen LogP) is 5.96. The lowest BCUT2D eigenvalue weighted by Gasteiger charge is -2.10. The van der Waals surface area contributed by atoms with E-state index in [1.165, 1.54) is 16.7 Å². The molecule has 5 heteroatoms. The molecule has 0 radical (unpaired) electrons. The molecule has 1 saturated carbocycles. The zero-order valence-electron chi connectivity index (χ0n) is 16.5. The van der Waals surface area contributed by atoms with Gasteiger partial charge in [-0.1, -0.05) is 60.1 Å². The Morgan fingerprint density at radius 1 is 0.967 bits per heavy atom. The second kappa shape index (κ2) is 8.13. The second-order valence-electron chi connectivity index (χ2n) is 8.04. The van der Waals surface area contributed by atoms with E-state index < -0.39 is 6.09 Å². The molecule has 1 fully saturated rings. The molecule has 3 aromatic carbocycles. The van der Waals surface area contributed by atoms with E-state index >= 15 is 0 Å². The summed E-state index contributed by atoms with van der Waals surface area (Å²) < 4.78 is 5.32. The largest absolute Gasteiger partial charge is 0.444 e. The van der Waals surface area contributed by atoms with Crippen LogP contribution in [0.15, 0.2) is 66.7 Å². The minimum absolute atomic E-state index is 0.234. The molecule has 0 spiro atoms. The molecule has 2 aliphatic rings. The molecule has 1 aliphatic carbocycles. The molecule has 2 N–H and O–H groups in total. The van der Waals surface area contributed by atoms with Gasteiger partial charge < -0.3 is 10.1 Å². The van der Waals surface area contributed by atoms with Crippen LogP contribution in [0, 0.1) is 0 Å². The number of anilines is 1. The lowest BCUT2D eigenvalue weighted by Crippen LogP contribution is -2.13. The van der Waals surface area contributed by atoms with Crippen LogP contribution in [0.2, 0.25) is 5.02 Å². The maximum Gasteiger partial charge on any atom is 0.411 e. The molecule has 3 aromatic rings. The highest BCUT2D eigenvalue weighted by atomic mass is 35.5. The van der Waals surface area contributed by atoms with Crippen LogP contribution in [0.1, 0.15) is 46.1 Å². The highest BCUT2D eigenvalue weighted by Gasteiger charge is 2.40. The van der Waals surface area contributed by atoms with Crippen molar-refractivity contribution in [2.24, 2.45) is 0 Å². The van der Waals surface area contributed by atoms with Gasteiger partial charge in [0.15, 0.2) is 0 Å². The quantitative estimate of drug-likeness (QED) is 0.537. The molecule has 0 unspecified atom stereocenters. The lowest BCUT2D eigenvalue weighted by molar-refractivity contribution is 0.155. The monoisotopic (exact) mass is 418 g/mol. The van der Waals surface area contributed by atoms with Crippen LogP contribution in [0.5, 0.6) is 0 Å². The van der Waals surface area contributed by atoms with E-state index in [1.807, 2.05) is 42.5 Å². The maximum atomic E-state index is 12.2. The number of amides is 1. The molecule has 2 atom stereocenters. The van der Waals surface area contributed by atoms with Gasteiger partial charge in [-0.2, -0.15) is 0 Å². The van der Waals surface area contributed by atoms with Gasteiger partial charge >= 0.3 is 6.09 Å². The third-order valence-corrected chi connectivity index (χ3v) is 6.11. The summed E-state index contributed by atoms with van der Waals surface area (Å²) in [4.78, 5) is 12.2. The molecule has 5 rings (SSSR count). The van der Waals surface area contributed by atoms with Crippen LogP contribution in [0.3, 0.4) is 0 Å². The Morgan fingerprint density at radius 3 is 2.63 bits per heavy atom. The van der Waals surface area contributed by atoms with E-state index in [1.54, 1.807) is 6.07 Å². The predicted molar refractivity (Wildman–Crippen MR) is 119 cm³/mol. The van der Waals surface area contributed by atoms with Crippen molar-refractivity contribution in [1.82, 2.24) is 5.32 Å². The van der Waals surface area contributed by atoms with Crippen LogP contribution in [0.25, 0.3) is 0 Å². The summed E-state index contributed by atoms with van der Waals surface area (Å²) in [6.45, 7) is 2.16. The molecular weight excluding hydrogens is 396 g/mol. The van der Waals surface area contributed by atoms with E-state index in [-0.39, 0.29) is 6.61 Å². The van der Waals surface area contributed by atoms with Gasteiger partial charge in [0.25, 0.3) is 0 Å². The zero-order chi connectivity index (χ0) is 20.5. The number of halogens is 1. The average molecular weight is 419 g/mol. The number of carbonyl (C=O) groups is 1. The molecule has 30 heavy (non-hydrogen) atoms. The van der Waals surface area contributed by atoms with Crippen molar-refractivity contribution in [3.05, 3.63) is 99.6 Å². The first-order valence-corrected chi connectivity index (χ1v) is 10.6. The molecular formula is C25H23ClN2O2. The topological polar surface area (TPSA) is 50.4 Å². The highest BCUT2D eigenvalue weighted by molar-refractivity contribution is 6.31. The van der Waals surface area contributed by atoms with Gasteiger partial charge in [-0.25, -0.2) is 4.79 Å². The van der Waals surface area contributed by atoms with Crippen LogP contribution in [-0.2, 0) is 24.4 Å². The molecule has 0 aromatic heterocycles. The summed E-state index contributed by atoms with van der Waals surface area (Å²) in [5.41, 5.74) is 6.97. The van der Waals surface area contributed by atoms with Crippen molar-refractivity contribution in [2.45, 2.75) is 38.0 Å². The van der Waals surface area contributed by atoms with E-state index in [0.29, 0.717) is 22.5 Å². The van der Waals surface area contributed by atoms with Gasteiger partial charge in [0.05, 0.1) is 0 Å². The third kappa shape index (κ3) is 4.20. The van der Waals surface area contributed by atoms with E-state index in [9.17, 15) is 4.79 Å². The van der Waals surface area contributed by atoms with Gasteiger partial charge in [-0.3, -0.25) is 5.32 Å². The van der Waals surface area contributed by atoms with E-state index in [2.05, 4.69) is 28.8 Å². The molecule has 0 bridgehead atoms. The Balaban J connectivity index is 1.24. The van der Waals surface area contributed by atoms with Crippen molar-refractivity contribution >= 4 is 23.4 Å². The minimum Gasteiger partial charge on any atom is -0.444 e. The Hall–Kier alpha value is -2.82. The second-order valence-corrected chi connectivity index (χ2v) is 8.48. The van der Waals surface area contributed by atoms with Crippen LogP contribution >= 0.6 is 11.6 Å². The molecule has 152 valence electrons. The molecule has 4 nitrogen and oxygen atoms in total. The number of hydrogen-bond acceptors (Lipinski definition) is 3. The van der Waals surface area contributed by atoms with Crippen molar-refractivity contribution in [2.75, 3.05) is 5.32 Å². The van der Waals surface area contributed by atoms with Crippen LogP contribution in [-0.4, -0.2) is 6.09 Å². The summed E-state index contributed by atoms with van der Waals surface area (Å²) in [6.07, 6.45) is 0.621. The SMILES string of the molecule is O=C(Nc1cc(Cl)cc([C@H]2C[C@@H]2c2ccc3c(c2)CNC3)c1)OCc1ccccc1. The fourth-order valence-corrected chi connectivity index (χ4v) is 4.50. The summed E-state index contributed by atoms with van der Waals surface area (Å²) in [5.74, 6) is 0.934. The van der Waals surface area contributed by atoms with E-state index in [4.69, 9.17) is 16.3 Å². The van der Waals surface area contributed by atoms with Crippen LogP contribution < -0.4 is 10.6 Å². The Bertz CT molecular complexity index is 1080. The zero-order valence-corrected chi connectivity index (χ0v) is 17.3. The molecule has 1 heterocycles. The first-order chi connectivity index (χ1) is 14.7. The number of nitrogens with one attached hydrogen (secondary N) is 2. The van der Waals surface area contributed by atoms with Gasteiger partial charge in [0, 0.05) is 23.8 Å². The standard InChI is InChI=1S/C25H23ClN2O2/c26-21-9-19(24-12-23(24)17-6-7-18-13-27-14-20(18)8-17)10-22(11-21)28-25(29)30-15-16-4-2-1-3-5-16/h1-11,23-24,27H,12-15H2,(H,28,29)/t23-,24-/m1/s1. The normalized spacial score (nSPS) is 19.2. The summed E-state index contributed by atoms with van der Waals surface area (Å²) in [5, 5.41) is 6.83. The summed E-state index contributed by atoms with van der Waals surface area (Å²) in [7, 11) is 0. The Labute approximate surface area is 181 Å². The summed E-state index contributed by atoms with van der Waals surface area (Å²) in [6, 6.07) is 22.2.